The van der Waals surface area contributed by atoms with Gasteiger partial charge in [0.15, 0.2) is 22.4 Å². The molecule has 0 fully saturated rings. The number of aromatic nitrogens is 4. The Bertz CT molecular complexity index is 1460. The fraction of sp³-hybridized carbons (Fsp3) is 0.0909. The molecule has 33 heavy (non-hydrogen) atoms. The number of para-hydroxylation sites is 1. The first kappa shape index (κ1) is 21.0. The van der Waals surface area contributed by atoms with Crippen molar-refractivity contribution in [2.75, 3.05) is 11.1 Å². The van der Waals surface area contributed by atoms with E-state index in [0.717, 1.165) is 29.3 Å². The maximum atomic E-state index is 12.9. The number of rotatable bonds is 5. The van der Waals surface area contributed by atoms with E-state index in [0.29, 0.717) is 27.9 Å². The topological polar surface area (TPSA) is 85.3 Å². The molecule has 0 aliphatic heterocycles. The highest BCUT2D eigenvalue weighted by atomic mass is 32.2. The van der Waals surface area contributed by atoms with Crippen LogP contribution in [0.3, 0.4) is 0 Å². The van der Waals surface area contributed by atoms with Crippen molar-refractivity contribution in [3.8, 4) is 11.6 Å². The molecule has 7 nitrogen and oxygen atoms in total. The highest BCUT2D eigenvalue weighted by Crippen LogP contribution is 2.31. The minimum atomic E-state index is -4.49. The van der Waals surface area contributed by atoms with Crippen LogP contribution in [0.1, 0.15) is 5.56 Å². The number of halogens is 3. The summed E-state index contributed by atoms with van der Waals surface area (Å²) in [6.07, 6.45) is -2.97. The second kappa shape index (κ2) is 8.24. The quantitative estimate of drug-likeness (QED) is 0.352. The standard InChI is InChI=1S/C22H14F3N5O2S/c23-22(24,25)13-5-3-6-14(11-13)26-18(31)12-33-21-29-28-19-15-7-1-2-8-16(15)27-20(30(19)21)17-9-4-10-32-17/h1-11H,12H2,(H,26,31). The molecule has 166 valence electrons. The molecule has 1 N–H and O–H groups in total. The fourth-order valence-corrected chi connectivity index (χ4v) is 4.06. The van der Waals surface area contributed by atoms with Crippen LogP contribution in [-0.2, 0) is 11.0 Å². The number of amides is 1. The maximum absolute atomic E-state index is 12.9. The first-order valence-electron chi connectivity index (χ1n) is 9.68. The molecule has 0 unspecified atom stereocenters. The fourth-order valence-electron chi connectivity index (χ4n) is 3.32. The van der Waals surface area contributed by atoms with Crippen LogP contribution in [0.2, 0.25) is 0 Å². The number of anilines is 1. The summed E-state index contributed by atoms with van der Waals surface area (Å²) in [6, 6.07) is 15.4. The van der Waals surface area contributed by atoms with Gasteiger partial charge in [-0.05, 0) is 42.5 Å². The lowest BCUT2D eigenvalue weighted by molar-refractivity contribution is -0.137. The van der Waals surface area contributed by atoms with Gasteiger partial charge in [0.1, 0.15) is 0 Å². The first-order valence-corrected chi connectivity index (χ1v) is 10.7. The molecule has 0 aliphatic rings. The average Bonchev–Trinajstić information content (AvgIpc) is 3.47. The van der Waals surface area contributed by atoms with E-state index in [1.165, 1.54) is 18.4 Å². The number of thioether (sulfide) groups is 1. The third-order valence-electron chi connectivity index (χ3n) is 4.76. The van der Waals surface area contributed by atoms with E-state index in [9.17, 15) is 18.0 Å². The summed E-state index contributed by atoms with van der Waals surface area (Å²) < 4.78 is 45.9. The third kappa shape index (κ3) is 4.14. The zero-order valence-electron chi connectivity index (χ0n) is 16.7. The Kier molecular flexibility index (Phi) is 5.25. The van der Waals surface area contributed by atoms with Gasteiger partial charge in [0.25, 0.3) is 0 Å². The number of nitrogens with zero attached hydrogens (tertiary/aromatic N) is 4. The lowest BCUT2D eigenvalue weighted by Crippen LogP contribution is -2.15. The Labute approximate surface area is 188 Å². The van der Waals surface area contributed by atoms with Crippen LogP contribution in [0.5, 0.6) is 0 Å². The molecule has 0 radical (unpaired) electrons. The second-order valence-electron chi connectivity index (χ2n) is 6.99. The van der Waals surface area contributed by atoms with Gasteiger partial charge in [-0.15, -0.1) is 10.2 Å². The molecule has 2 aromatic carbocycles. The van der Waals surface area contributed by atoms with Crippen molar-refractivity contribution >= 4 is 39.9 Å². The molecule has 0 spiro atoms. The van der Waals surface area contributed by atoms with E-state index in [2.05, 4.69) is 20.5 Å². The molecule has 0 atom stereocenters. The first-order chi connectivity index (χ1) is 15.9. The van der Waals surface area contributed by atoms with Crippen molar-refractivity contribution < 1.29 is 22.4 Å². The maximum Gasteiger partial charge on any atom is 0.416 e. The summed E-state index contributed by atoms with van der Waals surface area (Å²) in [4.78, 5) is 17.1. The van der Waals surface area contributed by atoms with Gasteiger partial charge in [0, 0.05) is 11.1 Å². The SMILES string of the molecule is O=C(CSc1nnc2c3ccccc3nc(-c3ccco3)n12)Nc1cccc(C(F)(F)F)c1. The lowest BCUT2D eigenvalue weighted by Gasteiger charge is -2.10. The van der Waals surface area contributed by atoms with E-state index in [1.54, 1.807) is 16.5 Å². The number of fused-ring (bicyclic) bond motifs is 3. The molecular formula is C22H14F3N5O2S. The lowest BCUT2D eigenvalue weighted by atomic mass is 10.2. The van der Waals surface area contributed by atoms with Gasteiger partial charge in [-0.1, -0.05) is 30.0 Å². The number of hydrogen-bond donors (Lipinski definition) is 1. The molecule has 5 aromatic rings. The molecule has 5 rings (SSSR count). The van der Waals surface area contributed by atoms with Crippen LogP contribution >= 0.6 is 11.8 Å². The average molecular weight is 469 g/mol. The summed E-state index contributed by atoms with van der Waals surface area (Å²) in [5.41, 5.74) is 0.485. The monoisotopic (exact) mass is 469 g/mol. The summed E-state index contributed by atoms with van der Waals surface area (Å²) in [5, 5.41) is 12.1. The zero-order chi connectivity index (χ0) is 23.0. The van der Waals surface area contributed by atoms with Gasteiger partial charge in [-0.3, -0.25) is 9.20 Å². The zero-order valence-corrected chi connectivity index (χ0v) is 17.5. The molecule has 1 amide bonds. The Hall–Kier alpha value is -3.86. The Morgan fingerprint density at radius 3 is 2.70 bits per heavy atom. The molecule has 0 aliphatic carbocycles. The van der Waals surface area contributed by atoms with Gasteiger partial charge >= 0.3 is 6.18 Å². The van der Waals surface area contributed by atoms with Crippen LogP contribution in [0, 0.1) is 0 Å². The predicted octanol–water partition coefficient (Wildman–Crippen LogP) is 5.29. The Morgan fingerprint density at radius 1 is 1.06 bits per heavy atom. The molecular weight excluding hydrogens is 455 g/mol. The minimum Gasteiger partial charge on any atom is -0.461 e. The van der Waals surface area contributed by atoms with Crippen LogP contribution in [-0.4, -0.2) is 31.2 Å². The van der Waals surface area contributed by atoms with Crippen LogP contribution in [0.4, 0.5) is 18.9 Å². The number of nitrogens with one attached hydrogen (secondary N) is 1. The van der Waals surface area contributed by atoms with Crippen molar-refractivity contribution in [3.63, 3.8) is 0 Å². The van der Waals surface area contributed by atoms with E-state index < -0.39 is 17.6 Å². The van der Waals surface area contributed by atoms with E-state index in [-0.39, 0.29) is 11.4 Å². The van der Waals surface area contributed by atoms with Crippen molar-refractivity contribution in [2.45, 2.75) is 11.3 Å². The van der Waals surface area contributed by atoms with Crippen LogP contribution < -0.4 is 5.32 Å². The van der Waals surface area contributed by atoms with Gasteiger partial charge in [-0.25, -0.2) is 4.98 Å². The van der Waals surface area contributed by atoms with Crippen LogP contribution in [0.25, 0.3) is 28.1 Å². The number of furan rings is 1. The number of carbonyl (C=O) groups is 1. The second-order valence-corrected chi connectivity index (χ2v) is 7.93. The molecule has 3 aromatic heterocycles. The molecule has 3 heterocycles. The minimum absolute atomic E-state index is 0.0606. The largest absolute Gasteiger partial charge is 0.461 e. The van der Waals surface area contributed by atoms with E-state index >= 15 is 0 Å². The third-order valence-corrected chi connectivity index (χ3v) is 5.69. The van der Waals surface area contributed by atoms with Gasteiger partial charge in [-0.2, -0.15) is 13.2 Å². The summed E-state index contributed by atoms with van der Waals surface area (Å²) in [7, 11) is 0. The molecule has 0 saturated heterocycles. The Morgan fingerprint density at radius 2 is 1.91 bits per heavy atom. The highest BCUT2D eigenvalue weighted by Gasteiger charge is 2.30. The molecule has 0 bridgehead atoms. The number of carbonyl (C=O) groups excluding carboxylic acids is 1. The van der Waals surface area contributed by atoms with Crippen LogP contribution in [0.15, 0.2) is 76.5 Å². The number of hydrogen-bond acceptors (Lipinski definition) is 6. The Balaban J connectivity index is 1.43. The van der Waals surface area contributed by atoms with Gasteiger partial charge in [0.05, 0.1) is 23.1 Å². The molecule has 0 saturated carbocycles. The molecule has 11 heteroatoms. The van der Waals surface area contributed by atoms with Gasteiger partial charge in [0.2, 0.25) is 5.91 Å². The summed E-state index contributed by atoms with van der Waals surface area (Å²) >= 11 is 1.09. The van der Waals surface area contributed by atoms with E-state index in [1.807, 2.05) is 24.3 Å². The van der Waals surface area contributed by atoms with Gasteiger partial charge < -0.3 is 9.73 Å². The number of alkyl halides is 3. The highest BCUT2D eigenvalue weighted by molar-refractivity contribution is 7.99. The number of benzene rings is 2. The van der Waals surface area contributed by atoms with Crippen molar-refractivity contribution in [2.24, 2.45) is 0 Å². The smallest absolute Gasteiger partial charge is 0.416 e. The van der Waals surface area contributed by atoms with Crippen molar-refractivity contribution in [1.82, 2.24) is 19.6 Å². The van der Waals surface area contributed by atoms with Crippen molar-refractivity contribution in [3.05, 3.63) is 72.5 Å². The summed E-state index contributed by atoms with van der Waals surface area (Å²) in [6.45, 7) is 0. The normalized spacial score (nSPS) is 11.8. The predicted molar refractivity (Wildman–Crippen MR) is 117 cm³/mol. The van der Waals surface area contributed by atoms with E-state index in [4.69, 9.17) is 4.42 Å². The summed E-state index contributed by atoms with van der Waals surface area (Å²) in [5.74, 6) is 0.395. The van der Waals surface area contributed by atoms with Crippen molar-refractivity contribution in [1.29, 1.82) is 0 Å².